The highest BCUT2D eigenvalue weighted by molar-refractivity contribution is 14.0. The first-order valence-electron chi connectivity index (χ1n) is 7.96. The van der Waals surface area contributed by atoms with Crippen molar-refractivity contribution in [1.29, 1.82) is 0 Å². The van der Waals surface area contributed by atoms with Gasteiger partial charge in [-0.05, 0) is 17.6 Å². The number of guanidine groups is 1. The molecule has 0 amide bonds. The summed E-state index contributed by atoms with van der Waals surface area (Å²) in [5.74, 6) is 1.08. The molecule has 1 aliphatic heterocycles. The summed E-state index contributed by atoms with van der Waals surface area (Å²) in [6.45, 7) is 3.73. The van der Waals surface area contributed by atoms with E-state index in [1.165, 1.54) is 11.1 Å². The van der Waals surface area contributed by atoms with Crippen LogP contribution in [-0.2, 0) is 9.84 Å². The number of hydrogen-bond acceptors (Lipinski definition) is 3. The molecule has 0 spiro atoms. The lowest BCUT2D eigenvalue weighted by atomic mass is 10.00. The molecule has 0 unspecified atom stereocenters. The third-order valence-electron chi connectivity index (χ3n) is 4.00. The molecule has 0 radical (unpaired) electrons. The van der Waals surface area contributed by atoms with E-state index in [9.17, 15) is 8.42 Å². The number of hydrogen-bond donors (Lipinski definition) is 1. The van der Waals surface area contributed by atoms with Gasteiger partial charge in [-0.2, -0.15) is 0 Å². The van der Waals surface area contributed by atoms with E-state index >= 15 is 0 Å². The average molecular weight is 463 g/mol. The fourth-order valence-electron chi connectivity index (χ4n) is 2.57. The molecule has 0 aromatic heterocycles. The molecule has 1 N–H and O–H groups in total. The molecule has 2 rings (SSSR count). The first-order valence-corrected chi connectivity index (χ1v) is 9.78. The molecule has 0 bridgehead atoms. The van der Waals surface area contributed by atoms with Crippen LogP contribution in [0.15, 0.2) is 41.4 Å². The van der Waals surface area contributed by atoms with E-state index in [0.29, 0.717) is 6.54 Å². The number of aliphatic imine (C=N–C) groups is 1. The quantitative estimate of drug-likeness (QED) is 0.414. The highest BCUT2D eigenvalue weighted by Gasteiger charge is 2.16. The van der Waals surface area contributed by atoms with Crippen molar-refractivity contribution in [3.63, 3.8) is 0 Å². The summed E-state index contributed by atoms with van der Waals surface area (Å²) in [6, 6.07) is 10.4. The zero-order valence-corrected chi connectivity index (χ0v) is 17.4. The van der Waals surface area contributed by atoms with Crippen molar-refractivity contribution >= 4 is 45.3 Å². The van der Waals surface area contributed by atoms with Gasteiger partial charge in [-0.15, -0.1) is 24.0 Å². The van der Waals surface area contributed by atoms with Gasteiger partial charge in [-0.25, -0.2) is 8.42 Å². The van der Waals surface area contributed by atoms with Crippen LogP contribution in [0.1, 0.15) is 18.9 Å². The first kappa shape index (κ1) is 21.0. The van der Waals surface area contributed by atoms with Crippen molar-refractivity contribution in [1.82, 2.24) is 10.2 Å². The number of nitrogens with one attached hydrogen (secondary N) is 1. The van der Waals surface area contributed by atoms with E-state index in [4.69, 9.17) is 0 Å². The van der Waals surface area contributed by atoms with Crippen LogP contribution in [0.25, 0.3) is 5.57 Å². The second kappa shape index (κ2) is 10.0. The van der Waals surface area contributed by atoms with E-state index in [-0.39, 0.29) is 35.5 Å². The number of nitrogens with zero attached hydrogens (tertiary/aromatic N) is 2. The molecule has 1 aromatic carbocycles. The maximum absolute atomic E-state index is 11.5. The molecule has 134 valence electrons. The topological polar surface area (TPSA) is 61.8 Å². The SMILES string of the molecule is CCS(=O)(=O)CCNC(=NC)N1CC=C(c2ccccc2)CC1.I. The van der Waals surface area contributed by atoms with Gasteiger partial charge in [-0.3, -0.25) is 4.99 Å². The smallest absolute Gasteiger partial charge is 0.193 e. The first-order chi connectivity index (χ1) is 11.1. The van der Waals surface area contributed by atoms with Crippen molar-refractivity contribution in [3.05, 3.63) is 42.0 Å². The van der Waals surface area contributed by atoms with Crippen LogP contribution in [-0.4, -0.2) is 57.5 Å². The maximum atomic E-state index is 11.5. The molecule has 1 aromatic rings. The minimum Gasteiger partial charge on any atom is -0.355 e. The van der Waals surface area contributed by atoms with Gasteiger partial charge in [-0.1, -0.05) is 43.3 Å². The van der Waals surface area contributed by atoms with Gasteiger partial charge in [0, 0.05) is 32.4 Å². The zero-order valence-electron chi connectivity index (χ0n) is 14.2. The Morgan fingerprint density at radius 1 is 1.29 bits per heavy atom. The molecule has 0 saturated carbocycles. The van der Waals surface area contributed by atoms with Gasteiger partial charge in [0.1, 0.15) is 0 Å². The summed E-state index contributed by atoms with van der Waals surface area (Å²) in [5, 5.41) is 3.15. The Balaban J connectivity index is 0.00000288. The largest absolute Gasteiger partial charge is 0.355 e. The number of sulfone groups is 1. The summed E-state index contributed by atoms with van der Waals surface area (Å²) >= 11 is 0. The molecular formula is C17H26IN3O2S. The normalized spacial score (nSPS) is 15.5. The monoisotopic (exact) mass is 463 g/mol. The molecule has 0 fully saturated rings. The molecule has 0 saturated heterocycles. The van der Waals surface area contributed by atoms with Crippen LogP contribution < -0.4 is 5.32 Å². The van der Waals surface area contributed by atoms with Crippen molar-refractivity contribution in [2.24, 2.45) is 4.99 Å². The highest BCUT2D eigenvalue weighted by atomic mass is 127. The Kier molecular flexibility index (Phi) is 8.75. The van der Waals surface area contributed by atoms with Crippen LogP contribution in [0.2, 0.25) is 0 Å². The molecule has 0 atom stereocenters. The van der Waals surface area contributed by atoms with Crippen LogP contribution in [0.5, 0.6) is 0 Å². The average Bonchev–Trinajstić information content (AvgIpc) is 2.60. The van der Waals surface area contributed by atoms with Gasteiger partial charge < -0.3 is 10.2 Å². The van der Waals surface area contributed by atoms with E-state index in [1.54, 1.807) is 14.0 Å². The van der Waals surface area contributed by atoms with Gasteiger partial charge in [0.05, 0.1) is 5.75 Å². The van der Waals surface area contributed by atoms with Crippen LogP contribution in [0.4, 0.5) is 0 Å². The van der Waals surface area contributed by atoms with Gasteiger partial charge >= 0.3 is 0 Å². The molecule has 1 heterocycles. The maximum Gasteiger partial charge on any atom is 0.193 e. The molecule has 1 aliphatic rings. The molecule has 0 aliphatic carbocycles. The number of rotatable bonds is 5. The minimum atomic E-state index is -2.95. The number of halogens is 1. The summed E-state index contributed by atoms with van der Waals surface area (Å²) in [4.78, 5) is 6.41. The van der Waals surface area contributed by atoms with Crippen molar-refractivity contribution in [2.45, 2.75) is 13.3 Å². The highest BCUT2D eigenvalue weighted by Crippen LogP contribution is 2.21. The standard InChI is InChI=1S/C17H25N3O2S.HI/c1-3-23(21,22)14-11-19-17(18-2)20-12-9-16(10-13-20)15-7-5-4-6-8-15;/h4-9H,3,10-14H2,1-2H3,(H,18,19);1H. The van der Waals surface area contributed by atoms with Crippen molar-refractivity contribution < 1.29 is 8.42 Å². The van der Waals surface area contributed by atoms with Crippen molar-refractivity contribution in [2.75, 3.05) is 38.2 Å². The number of benzene rings is 1. The van der Waals surface area contributed by atoms with Crippen LogP contribution in [0, 0.1) is 0 Å². The van der Waals surface area contributed by atoms with Crippen LogP contribution >= 0.6 is 24.0 Å². The lowest BCUT2D eigenvalue weighted by Gasteiger charge is -2.29. The minimum absolute atomic E-state index is 0. The Labute approximate surface area is 162 Å². The lowest BCUT2D eigenvalue weighted by Crippen LogP contribution is -2.44. The van der Waals surface area contributed by atoms with E-state index in [0.717, 1.165) is 25.5 Å². The van der Waals surface area contributed by atoms with Gasteiger partial charge in [0.25, 0.3) is 0 Å². The van der Waals surface area contributed by atoms with E-state index in [1.807, 2.05) is 6.07 Å². The predicted molar refractivity (Wildman–Crippen MR) is 112 cm³/mol. The Bertz CT molecular complexity index is 672. The molecule has 5 nitrogen and oxygen atoms in total. The van der Waals surface area contributed by atoms with Crippen molar-refractivity contribution in [3.8, 4) is 0 Å². The summed E-state index contributed by atoms with van der Waals surface area (Å²) in [5.41, 5.74) is 2.62. The predicted octanol–water partition coefficient (Wildman–Crippen LogP) is 2.40. The fraction of sp³-hybridized carbons (Fsp3) is 0.471. The summed E-state index contributed by atoms with van der Waals surface area (Å²) < 4.78 is 23.1. The molecule has 7 heteroatoms. The second-order valence-electron chi connectivity index (χ2n) is 5.50. The molecular weight excluding hydrogens is 437 g/mol. The summed E-state index contributed by atoms with van der Waals surface area (Å²) in [6.07, 6.45) is 3.17. The van der Waals surface area contributed by atoms with Gasteiger partial charge in [0.15, 0.2) is 15.8 Å². The third kappa shape index (κ3) is 6.08. The second-order valence-corrected chi connectivity index (χ2v) is 7.97. The summed E-state index contributed by atoms with van der Waals surface area (Å²) in [7, 11) is -1.22. The van der Waals surface area contributed by atoms with E-state index < -0.39 is 9.84 Å². The third-order valence-corrected chi connectivity index (χ3v) is 5.71. The molecule has 24 heavy (non-hydrogen) atoms. The zero-order chi connectivity index (χ0) is 16.7. The Morgan fingerprint density at radius 3 is 2.54 bits per heavy atom. The van der Waals surface area contributed by atoms with E-state index in [2.05, 4.69) is 45.6 Å². The van der Waals surface area contributed by atoms with Crippen LogP contribution in [0.3, 0.4) is 0 Å². The Morgan fingerprint density at radius 2 is 2.00 bits per heavy atom. The lowest BCUT2D eigenvalue weighted by molar-refractivity contribution is 0.441. The Hall–Kier alpha value is -1.09. The fourth-order valence-corrected chi connectivity index (χ4v) is 3.27. The van der Waals surface area contributed by atoms with Gasteiger partial charge in [0.2, 0.25) is 0 Å².